The molecule has 1 atom stereocenters. The third-order valence-electron chi connectivity index (χ3n) is 2.92. The maximum Gasteiger partial charge on any atom is 0.132 e. The smallest absolute Gasteiger partial charge is 0.132 e. The molecule has 0 spiro atoms. The molecule has 2 aromatic carbocycles. The van der Waals surface area contributed by atoms with E-state index in [4.69, 9.17) is 16.3 Å². The van der Waals surface area contributed by atoms with Crippen LogP contribution in [0.5, 0.6) is 5.75 Å². The second-order valence-electron chi connectivity index (χ2n) is 4.23. The van der Waals surface area contributed by atoms with Gasteiger partial charge in [-0.15, -0.1) is 0 Å². The predicted molar refractivity (Wildman–Crippen MR) is 76.4 cm³/mol. The molecule has 0 bridgehead atoms. The van der Waals surface area contributed by atoms with Gasteiger partial charge in [-0.1, -0.05) is 29.8 Å². The van der Waals surface area contributed by atoms with Gasteiger partial charge in [0.25, 0.3) is 0 Å². The van der Waals surface area contributed by atoms with E-state index >= 15 is 0 Å². The third kappa shape index (κ3) is 3.18. The number of halogens is 2. The molecule has 0 saturated carbocycles. The number of para-hydroxylation sites is 1. The molecule has 0 aliphatic carbocycles. The van der Waals surface area contributed by atoms with Gasteiger partial charge in [-0.05, 0) is 25.1 Å². The van der Waals surface area contributed by atoms with Crippen LogP contribution in [0, 0.1) is 5.82 Å². The Balaban J connectivity index is 2.21. The van der Waals surface area contributed by atoms with Crippen LogP contribution in [0.15, 0.2) is 42.5 Å². The summed E-state index contributed by atoms with van der Waals surface area (Å²) in [6, 6.07) is 12.0. The van der Waals surface area contributed by atoms with Crippen molar-refractivity contribution in [2.75, 3.05) is 12.4 Å². The lowest BCUT2D eigenvalue weighted by Gasteiger charge is -2.17. The van der Waals surface area contributed by atoms with Crippen LogP contribution in [0.4, 0.5) is 10.1 Å². The molecule has 1 N–H and O–H groups in total. The fraction of sp³-hybridized carbons (Fsp3) is 0.200. The first kappa shape index (κ1) is 13.7. The summed E-state index contributed by atoms with van der Waals surface area (Å²) in [5, 5.41) is 3.81. The van der Waals surface area contributed by atoms with Crippen LogP contribution < -0.4 is 10.1 Å². The molecule has 0 heterocycles. The van der Waals surface area contributed by atoms with Crippen LogP contribution in [0.3, 0.4) is 0 Å². The maximum absolute atomic E-state index is 13.9. The van der Waals surface area contributed by atoms with Crippen LogP contribution >= 0.6 is 11.6 Å². The Bertz CT molecular complexity index is 574. The molecule has 1 unspecified atom stereocenters. The Kier molecular flexibility index (Phi) is 4.27. The summed E-state index contributed by atoms with van der Waals surface area (Å²) in [4.78, 5) is 0. The molecule has 19 heavy (non-hydrogen) atoms. The fourth-order valence-electron chi connectivity index (χ4n) is 1.88. The van der Waals surface area contributed by atoms with Gasteiger partial charge in [-0.2, -0.15) is 0 Å². The molecule has 100 valence electrons. The van der Waals surface area contributed by atoms with Crippen LogP contribution in [-0.2, 0) is 0 Å². The highest BCUT2D eigenvalue weighted by atomic mass is 35.5. The van der Waals surface area contributed by atoms with Gasteiger partial charge in [-0.25, -0.2) is 4.39 Å². The molecule has 0 aliphatic rings. The summed E-state index contributed by atoms with van der Waals surface area (Å²) in [6.45, 7) is 1.88. The van der Waals surface area contributed by atoms with Crippen molar-refractivity contribution in [1.29, 1.82) is 0 Å². The van der Waals surface area contributed by atoms with Crippen molar-refractivity contribution in [3.05, 3.63) is 58.9 Å². The van der Waals surface area contributed by atoms with E-state index in [-0.39, 0.29) is 11.9 Å². The molecule has 2 aromatic rings. The lowest BCUT2D eigenvalue weighted by Crippen LogP contribution is -2.09. The van der Waals surface area contributed by atoms with Crippen LogP contribution in [0.1, 0.15) is 18.5 Å². The zero-order valence-corrected chi connectivity index (χ0v) is 11.5. The van der Waals surface area contributed by atoms with Crippen molar-refractivity contribution in [3.8, 4) is 5.75 Å². The SMILES string of the molecule is COc1ccc(C(C)Nc2ccccc2Cl)c(F)c1. The van der Waals surface area contributed by atoms with Crippen molar-refractivity contribution in [3.63, 3.8) is 0 Å². The Labute approximate surface area is 117 Å². The lowest BCUT2D eigenvalue weighted by molar-refractivity contribution is 0.410. The minimum atomic E-state index is -0.300. The highest BCUT2D eigenvalue weighted by Crippen LogP contribution is 2.28. The second kappa shape index (κ2) is 5.93. The predicted octanol–water partition coefficient (Wildman–Crippen LogP) is 4.66. The van der Waals surface area contributed by atoms with Crippen molar-refractivity contribution < 1.29 is 9.13 Å². The van der Waals surface area contributed by atoms with E-state index < -0.39 is 0 Å². The van der Waals surface area contributed by atoms with E-state index in [9.17, 15) is 4.39 Å². The highest BCUT2D eigenvalue weighted by Gasteiger charge is 2.12. The number of rotatable bonds is 4. The quantitative estimate of drug-likeness (QED) is 0.879. The van der Waals surface area contributed by atoms with E-state index in [0.29, 0.717) is 16.3 Å². The standard InChI is InChI=1S/C15H15ClFNO/c1-10(18-15-6-4-3-5-13(15)16)12-8-7-11(19-2)9-14(12)17/h3-10,18H,1-2H3. The maximum atomic E-state index is 13.9. The van der Waals surface area contributed by atoms with Crippen LogP contribution in [0.2, 0.25) is 5.02 Å². The van der Waals surface area contributed by atoms with E-state index in [0.717, 1.165) is 5.69 Å². The third-order valence-corrected chi connectivity index (χ3v) is 3.25. The minimum Gasteiger partial charge on any atom is -0.497 e. The number of benzene rings is 2. The van der Waals surface area contributed by atoms with Gasteiger partial charge in [0, 0.05) is 11.6 Å². The normalized spacial score (nSPS) is 12.0. The van der Waals surface area contributed by atoms with Gasteiger partial charge in [0.15, 0.2) is 0 Å². The van der Waals surface area contributed by atoms with Crippen LogP contribution in [0.25, 0.3) is 0 Å². The average Bonchev–Trinajstić information content (AvgIpc) is 2.41. The Morgan fingerprint density at radius 1 is 1.21 bits per heavy atom. The minimum absolute atomic E-state index is 0.189. The largest absolute Gasteiger partial charge is 0.497 e. The van der Waals surface area contributed by atoms with E-state index in [2.05, 4.69) is 5.32 Å². The molecule has 4 heteroatoms. The summed E-state index contributed by atoms with van der Waals surface area (Å²) in [6.07, 6.45) is 0. The van der Waals surface area contributed by atoms with Gasteiger partial charge in [-0.3, -0.25) is 0 Å². The fourth-order valence-corrected chi connectivity index (χ4v) is 2.07. The molecular formula is C15H15ClFNO. The Morgan fingerprint density at radius 2 is 1.95 bits per heavy atom. The number of hydrogen-bond acceptors (Lipinski definition) is 2. The Morgan fingerprint density at radius 3 is 2.58 bits per heavy atom. The van der Waals surface area contributed by atoms with Gasteiger partial charge in [0.2, 0.25) is 0 Å². The number of anilines is 1. The molecule has 0 radical (unpaired) electrons. The molecule has 0 saturated heterocycles. The summed E-state index contributed by atoms with van der Waals surface area (Å²) < 4.78 is 18.9. The molecule has 0 amide bonds. The monoisotopic (exact) mass is 279 g/mol. The van der Waals surface area contributed by atoms with Gasteiger partial charge >= 0.3 is 0 Å². The Hall–Kier alpha value is -1.74. The zero-order valence-electron chi connectivity index (χ0n) is 10.8. The summed E-state index contributed by atoms with van der Waals surface area (Å²) in [5.74, 6) is 0.206. The first-order valence-electron chi connectivity index (χ1n) is 5.96. The van der Waals surface area contributed by atoms with Crippen molar-refractivity contribution in [2.24, 2.45) is 0 Å². The van der Waals surface area contributed by atoms with Crippen LogP contribution in [-0.4, -0.2) is 7.11 Å². The molecular weight excluding hydrogens is 265 g/mol. The zero-order chi connectivity index (χ0) is 13.8. The van der Waals surface area contributed by atoms with Gasteiger partial charge < -0.3 is 10.1 Å². The van der Waals surface area contributed by atoms with E-state index in [1.807, 2.05) is 25.1 Å². The number of nitrogens with one attached hydrogen (secondary N) is 1. The summed E-state index contributed by atoms with van der Waals surface area (Å²) in [7, 11) is 1.51. The second-order valence-corrected chi connectivity index (χ2v) is 4.64. The van der Waals surface area contributed by atoms with Gasteiger partial charge in [0.05, 0.1) is 23.9 Å². The average molecular weight is 280 g/mol. The summed E-state index contributed by atoms with van der Waals surface area (Å²) >= 11 is 6.07. The van der Waals surface area contributed by atoms with Crippen molar-refractivity contribution >= 4 is 17.3 Å². The van der Waals surface area contributed by atoms with E-state index in [1.165, 1.54) is 13.2 Å². The van der Waals surface area contributed by atoms with Crippen molar-refractivity contribution in [1.82, 2.24) is 0 Å². The lowest BCUT2D eigenvalue weighted by atomic mass is 10.1. The summed E-state index contributed by atoms with van der Waals surface area (Å²) in [5.41, 5.74) is 1.35. The number of hydrogen-bond donors (Lipinski definition) is 1. The number of methoxy groups -OCH3 is 1. The molecule has 2 nitrogen and oxygen atoms in total. The molecule has 2 rings (SSSR count). The molecule has 0 fully saturated rings. The number of ether oxygens (including phenoxy) is 1. The first-order chi connectivity index (χ1) is 9.11. The van der Waals surface area contributed by atoms with Crippen molar-refractivity contribution in [2.45, 2.75) is 13.0 Å². The van der Waals surface area contributed by atoms with E-state index in [1.54, 1.807) is 18.2 Å². The topological polar surface area (TPSA) is 21.3 Å². The van der Waals surface area contributed by atoms with Gasteiger partial charge in [0.1, 0.15) is 11.6 Å². The highest BCUT2D eigenvalue weighted by molar-refractivity contribution is 6.33. The first-order valence-corrected chi connectivity index (χ1v) is 6.34. The molecule has 0 aromatic heterocycles. The molecule has 0 aliphatic heterocycles.